The summed E-state index contributed by atoms with van der Waals surface area (Å²) in [6.07, 6.45) is 97.0. The van der Waals surface area contributed by atoms with Gasteiger partial charge in [-0.05, 0) is 141 Å². The molecule has 0 N–H and O–H groups in total. The molecule has 1 unspecified atom stereocenters. The monoisotopic (exact) mass is 1120 g/mol. The third kappa shape index (κ3) is 66.0. The molecule has 6 heteroatoms. The first-order chi connectivity index (χ1) is 40.0. The van der Waals surface area contributed by atoms with E-state index in [4.69, 9.17) is 14.2 Å². The van der Waals surface area contributed by atoms with Crippen molar-refractivity contribution in [3.8, 4) is 0 Å². The van der Waals surface area contributed by atoms with E-state index in [1.807, 2.05) is 0 Å². The van der Waals surface area contributed by atoms with Crippen LogP contribution in [0.25, 0.3) is 0 Å². The van der Waals surface area contributed by atoms with Crippen molar-refractivity contribution in [1.82, 2.24) is 0 Å². The fraction of sp³-hybridized carbons (Fsp3) is 0.640. The molecule has 0 aromatic carbocycles. The van der Waals surface area contributed by atoms with Gasteiger partial charge >= 0.3 is 17.9 Å². The molecular formula is C75H122O6. The van der Waals surface area contributed by atoms with E-state index in [1.165, 1.54) is 89.9 Å². The lowest BCUT2D eigenvalue weighted by Crippen LogP contribution is -2.30. The van der Waals surface area contributed by atoms with Crippen molar-refractivity contribution in [2.75, 3.05) is 13.2 Å². The van der Waals surface area contributed by atoms with Crippen molar-refractivity contribution < 1.29 is 28.6 Å². The molecule has 0 aliphatic heterocycles. The molecule has 0 rings (SSSR count). The summed E-state index contributed by atoms with van der Waals surface area (Å²) >= 11 is 0. The third-order valence-corrected chi connectivity index (χ3v) is 13.8. The molecule has 0 aromatic rings. The lowest BCUT2D eigenvalue weighted by Gasteiger charge is -2.18. The molecule has 0 spiro atoms. The van der Waals surface area contributed by atoms with Crippen LogP contribution in [0.3, 0.4) is 0 Å². The minimum atomic E-state index is -0.801. The molecule has 6 nitrogen and oxygen atoms in total. The van der Waals surface area contributed by atoms with Gasteiger partial charge in [0.1, 0.15) is 13.2 Å². The van der Waals surface area contributed by atoms with Crippen molar-refractivity contribution in [2.24, 2.45) is 0 Å². The van der Waals surface area contributed by atoms with E-state index in [1.54, 1.807) is 0 Å². The van der Waals surface area contributed by atoms with Crippen molar-refractivity contribution in [3.63, 3.8) is 0 Å². The van der Waals surface area contributed by atoms with E-state index in [-0.39, 0.29) is 31.1 Å². The fourth-order valence-corrected chi connectivity index (χ4v) is 8.88. The summed E-state index contributed by atoms with van der Waals surface area (Å²) in [7, 11) is 0. The lowest BCUT2D eigenvalue weighted by atomic mass is 10.0. The number of carbonyl (C=O) groups excluding carboxylic acids is 3. The Morgan fingerprint density at radius 1 is 0.259 bits per heavy atom. The number of ether oxygens (including phenoxy) is 3. The van der Waals surface area contributed by atoms with Crippen LogP contribution in [0.15, 0.2) is 146 Å². The summed E-state index contributed by atoms with van der Waals surface area (Å²) in [6.45, 7) is 6.37. The first kappa shape index (κ1) is 76.3. The van der Waals surface area contributed by atoms with E-state index in [0.717, 1.165) is 161 Å². The second-order valence-corrected chi connectivity index (χ2v) is 21.6. The molecule has 0 heterocycles. The second kappa shape index (κ2) is 67.8. The van der Waals surface area contributed by atoms with Crippen LogP contribution < -0.4 is 0 Å². The molecular weight excluding hydrogens is 997 g/mol. The van der Waals surface area contributed by atoms with E-state index in [2.05, 4.69) is 167 Å². The molecule has 0 aliphatic carbocycles. The first-order valence-electron chi connectivity index (χ1n) is 33.3. The minimum Gasteiger partial charge on any atom is -0.462 e. The molecule has 0 aromatic heterocycles. The molecule has 0 saturated heterocycles. The SMILES string of the molecule is CC/C=C\C/C=C\C/C=C\C/C=C\C/C=C\C/C=C\CCCCCCCCC(=O)OCC(COC(=O)CCCCCCC/C=C\C/C=C\CCCCC)OC(=O)CCCCCCCCCCCC/C=C\C/C=C\C/C=C\C/C=C\CC. The highest BCUT2D eigenvalue weighted by Gasteiger charge is 2.19. The van der Waals surface area contributed by atoms with Gasteiger partial charge in [0.25, 0.3) is 0 Å². The van der Waals surface area contributed by atoms with Crippen molar-refractivity contribution >= 4 is 17.9 Å². The van der Waals surface area contributed by atoms with Crippen LogP contribution in [0, 0.1) is 0 Å². The Morgan fingerprint density at radius 3 is 0.753 bits per heavy atom. The lowest BCUT2D eigenvalue weighted by molar-refractivity contribution is -0.167. The van der Waals surface area contributed by atoms with E-state index in [0.29, 0.717) is 19.3 Å². The third-order valence-electron chi connectivity index (χ3n) is 13.8. The number of carbonyl (C=O) groups is 3. The van der Waals surface area contributed by atoms with Crippen molar-refractivity contribution in [3.05, 3.63) is 146 Å². The zero-order valence-electron chi connectivity index (χ0n) is 52.5. The number of rotatable bonds is 59. The number of hydrogen-bond donors (Lipinski definition) is 0. The number of hydrogen-bond acceptors (Lipinski definition) is 6. The predicted molar refractivity (Wildman–Crippen MR) is 352 cm³/mol. The molecule has 458 valence electrons. The Hall–Kier alpha value is -4.71. The second-order valence-electron chi connectivity index (χ2n) is 21.6. The van der Waals surface area contributed by atoms with Crippen LogP contribution in [0.1, 0.15) is 290 Å². The molecule has 0 aliphatic rings. The van der Waals surface area contributed by atoms with Crippen LogP contribution in [-0.2, 0) is 28.6 Å². The van der Waals surface area contributed by atoms with Gasteiger partial charge in [0.05, 0.1) is 0 Å². The summed E-state index contributed by atoms with van der Waals surface area (Å²) in [5, 5.41) is 0. The summed E-state index contributed by atoms with van der Waals surface area (Å²) < 4.78 is 16.9. The highest BCUT2D eigenvalue weighted by atomic mass is 16.6. The molecule has 0 amide bonds. The van der Waals surface area contributed by atoms with Crippen molar-refractivity contribution in [2.45, 2.75) is 297 Å². The highest BCUT2D eigenvalue weighted by molar-refractivity contribution is 5.71. The van der Waals surface area contributed by atoms with Crippen LogP contribution in [0.2, 0.25) is 0 Å². The molecule has 0 bridgehead atoms. The Labute approximate surface area is 499 Å². The van der Waals surface area contributed by atoms with Crippen molar-refractivity contribution in [1.29, 1.82) is 0 Å². The van der Waals surface area contributed by atoms with E-state index < -0.39 is 6.10 Å². The smallest absolute Gasteiger partial charge is 0.306 e. The van der Waals surface area contributed by atoms with Crippen LogP contribution in [0.4, 0.5) is 0 Å². The van der Waals surface area contributed by atoms with E-state index >= 15 is 0 Å². The summed E-state index contributed by atoms with van der Waals surface area (Å²) in [5.41, 5.74) is 0. The Bertz CT molecular complexity index is 1760. The summed E-state index contributed by atoms with van der Waals surface area (Å²) in [6, 6.07) is 0. The van der Waals surface area contributed by atoms with Gasteiger partial charge in [-0.2, -0.15) is 0 Å². The van der Waals surface area contributed by atoms with Crippen LogP contribution in [0.5, 0.6) is 0 Å². The average Bonchev–Trinajstić information content (AvgIpc) is 3.47. The van der Waals surface area contributed by atoms with Gasteiger partial charge in [0.15, 0.2) is 6.10 Å². The van der Waals surface area contributed by atoms with Gasteiger partial charge < -0.3 is 14.2 Å². The molecule has 0 fully saturated rings. The normalized spacial score (nSPS) is 13.1. The van der Waals surface area contributed by atoms with E-state index in [9.17, 15) is 14.4 Å². The van der Waals surface area contributed by atoms with Gasteiger partial charge in [0, 0.05) is 19.3 Å². The number of unbranched alkanes of at least 4 members (excludes halogenated alkanes) is 24. The predicted octanol–water partition coefficient (Wildman–Crippen LogP) is 23.1. The van der Waals surface area contributed by atoms with Gasteiger partial charge in [0.2, 0.25) is 0 Å². The van der Waals surface area contributed by atoms with Crippen LogP contribution in [-0.4, -0.2) is 37.2 Å². The Balaban J connectivity index is 4.43. The maximum absolute atomic E-state index is 12.9. The van der Waals surface area contributed by atoms with Gasteiger partial charge in [-0.3, -0.25) is 14.4 Å². The maximum atomic E-state index is 12.9. The average molecular weight is 1120 g/mol. The molecule has 81 heavy (non-hydrogen) atoms. The number of allylic oxidation sites excluding steroid dienone is 24. The number of esters is 3. The largest absolute Gasteiger partial charge is 0.462 e. The van der Waals surface area contributed by atoms with Crippen LogP contribution >= 0.6 is 0 Å². The topological polar surface area (TPSA) is 78.9 Å². The first-order valence-corrected chi connectivity index (χ1v) is 33.3. The Morgan fingerprint density at radius 2 is 0.481 bits per heavy atom. The van der Waals surface area contributed by atoms with Gasteiger partial charge in [-0.25, -0.2) is 0 Å². The zero-order valence-corrected chi connectivity index (χ0v) is 52.5. The van der Waals surface area contributed by atoms with Gasteiger partial charge in [-0.15, -0.1) is 0 Å². The Kier molecular flexibility index (Phi) is 63.9. The quantitative estimate of drug-likeness (QED) is 0.0261. The summed E-state index contributed by atoms with van der Waals surface area (Å²) in [4.78, 5) is 38.4. The zero-order chi connectivity index (χ0) is 58.5. The molecule has 0 radical (unpaired) electrons. The fourth-order valence-electron chi connectivity index (χ4n) is 8.88. The standard InChI is InChI=1S/C75H122O6/c1-4-7-10-13-16-19-22-25-28-30-32-34-36-37-39-40-42-44-47-50-53-56-59-62-65-68-74(77)80-71-72(70-79-73(76)67-64-61-58-55-52-49-46-27-24-21-18-15-12-9-6-3)81-75(78)69-66-63-60-57-54-51-48-45-43-41-38-35-33-31-29-26-23-20-17-14-11-8-5-2/h7-8,10-11,16-21,25-29,32-35,37,39,42,44,46,72H,4-6,9,12-15,22-24,30-31,36,38,40-41,43,45,47-71H2,1-3H3/b10-7-,11-8-,19-16-,20-17-,21-18-,28-25-,29-26-,34-32-,35-33-,39-37-,44-42-,46-27-. The molecule has 0 saturated carbocycles. The summed E-state index contributed by atoms with van der Waals surface area (Å²) in [5.74, 6) is -0.925. The maximum Gasteiger partial charge on any atom is 0.306 e. The minimum absolute atomic E-state index is 0.0961. The highest BCUT2D eigenvalue weighted by Crippen LogP contribution is 2.15. The van der Waals surface area contributed by atoms with Gasteiger partial charge in [-0.1, -0.05) is 276 Å². The molecule has 1 atom stereocenters.